The number of unbranched alkanes of at least 4 members (excludes halogenated alkanes) is 1. The molecule has 0 atom stereocenters. The number of amides is 2. The SMILES string of the molecule is COc1cc(/C=C/C(=O)NCCCCNC(=O)/C(C)=C/CO)ccc1O. The number of hydrogen-bond donors (Lipinski definition) is 4. The number of rotatable bonds is 10. The van der Waals surface area contributed by atoms with Gasteiger partial charge in [-0.1, -0.05) is 12.1 Å². The number of nitrogens with one attached hydrogen (secondary N) is 2. The number of aliphatic hydroxyl groups excluding tert-OH is 1. The Morgan fingerprint density at radius 1 is 1.19 bits per heavy atom. The molecule has 1 rings (SSSR count). The third-order valence-electron chi connectivity index (χ3n) is 3.57. The minimum atomic E-state index is -0.220. The molecule has 1 aromatic rings. The molecule has 0 aliphatic heterocycles. The zero-order valence-corrected chi connectivity index (χ0v) is 15.1. The highest BCUT2D eigenvalue weighted by atomic mass is 16.5. The fourth-order valence-electron chi connectivity index (χ4n) is 2.06. The van der Waals surface area contributed by atoms with Crippen molar-refractivity contribution >= 4 is 17.9 Å². The van der Waals surface area contributed by atoms with Crippen LogP contribution in [-0.2, 0) is 9.59 Å². The summed E-state index contributed by atoms with van der Waals surface area (Å²) in [7, 11) is 1.46. The molecule has 0 unspecified atom stereocenters. The molecule has 0 fully saturated rings. The average Bonchev–Trinajstić information content (AvgIpc) is 2.63. The Kier molecular flexibility index (Phi) is 9.56. The molecule has 0 saturated carbocycles. The number of carbonyl (C=O) groups excluding carboxylic acids is 2. The van der Waals surface area contributed by atoms with Gasteiger partial charge in [-0.05, 0) is 43.5 Å². The van der Waals surface area contributed by atoms with E-state index in [1.165, 1.54) is 25.3 Å². The number of hydrogen-bond acceptors (Lipinski definition) is 5. The molecule has 7 nitrogen and oxygen atoms in total. The van der Waals surface area contributed by atoms with Crippen LogP contribution in [0.5, 0.6) is 11.5 Å². The smallest absolute Gasteiger partial charge is 0.246 e. The average molecular weight is 362 g/mol. The predicted octanol–water partition coefficient (Wildman–Crippen LogP) is 1.37. The first kappa shape index (κ1) is 21.2. The fourth-order valence-corrected chi connectivity index (χ4v) is 2.06. The van der Waals surface area contributed by atoms with Gasteiger partial charge in [-0.3, -0.25) is 9.59 Å². The molecule has 0 aliphatic rings. The van der Waals surface area contributed by atoms with E-state index < -0.39 is 0 Å². The number of phenolic OH excluding ortho intramolecular Hbond substituents is 1. The van der Waals surface area contributed by atoms with Crippen molar-refractivity contribution in [1.29, 1.82) is 0 Å². The first-order valence-electron chi connectivity index (χ1n) is 8.36. The molecule has 0 radical (unpaired) electrons. The fraction of sp³-hybridized carbons (Fsp3) is 0.368. The van der Waals surface area contributed by atoms with Gasteiger partial charge in [-0.15, -0.1) is 0 Å². The molecule has 1 aromatic carbocycles. The molecule has 0 spiro atoms. The minimum Gasteiger partial charge on any atom is -0.504 e. The molecule has 7 heteroatoms. The number of aliphatic hydroxyl groups is 1. The van der Waals surface area contributed by atoms with Gasteiger partial charge in [-0.2, -0.15) is 0 Å². The minimum absolute atomic E-state index is 0.0447. The van der Waals surface area contributed by atoms with E-state index in [-0.39, 0.29) is 24.2 Å². The molecule has 142 valence electrons. The highest BCUT2D eigenvalue weighted by molar-refractivity contribution is 5.92. The maximum absolute atomic E-state index is 11.8. The number of aromatic hydroxyl groups is 1. The monoisotopic (exact) mass is 362 g/mol. The van der Waals surface area contributed by atoms with Crippen LogP contribution in [0.3, 0.4) is 0 Å². The maximum atomic E-state index is 11.8. The molecular weight excluding hydrogens is 336 g/mol. The Morgan fingerprint density at radius 3 is 2.54 bits per heavy atom. The Morgan fingerprint density at radius 2 is 1.88 bits per heavy atom. The summed E-state index contributed by atoms with van der Waals surface area (Å²) in [5.41, 5.74) is 1.22. The van der Waals surface area contributed by atoms with Crippen LogP contribution in [0.4, 0.5) is 0 Å². The first-order valence-corrected chi connectivity index (χ1v) is 8.36. The number of ether oxygens (including phenoxy) is 1. The van der Waals surface area contributed by atoms with Crippen molar-refractivity contribution in [3.8, 4) is 11.5 Å². The van der Waals surface area contributed by atoms with Gasteiger partial charge in [0.2, 0.25) is 11.8 Å². The van der Waals surface area contributed by atoms with Gasteiger partial charge in [-0.25, -0.2) is 0 Å². The molecule has 0 aliphatic carbocycles. The van der Waals surface area contributed by atoms with Crippen molar-refractivity contribution in [2.24, 2.45) is 0 Å². The second kappa shape index (κ2) is 11.7. The van der Waals surface area contributed by atoms with Crippen LogP contribution >= 0.6 is 0 Å². The topological polar surface area (TPSA) is 108 Å². The Balaban J connectivity index is 2.25. The molecule has 0 aromatic heterocycles. The number of benzene rings is 1. The van der Waals surface area contributed by atoms with Gasteiger partial charge in [0.05, 0.1) is 13.7 Å². The number of carbonyl (C=O) groups is 2. The van der Waals surface area contributed by atoms with Gasteiger partial charge in [0, 0.05) is 24.7 Å². The molecular formula is C19H26N2O5. The summed E-state index contributed by atoms with van der Waals surface area (Å²) in [5.74, 6) is -0.0277. The quantitative estimate of drug-likeness (QED) is 0.371. The van der Waals surface area contributed by atoms with Crippen molar-refractivity contribution in [3.63, 3.8) is 0 Å². The van der Waals surface area contributed by atoms with E-state index in [1.54, 1.807) is 25.1 Å². The zero-order valence-electron chi connectivity index (χ0n) is 15.1. The van der Waals surface area contributed by atoms with Gasteiger partial charge >= 0.3 is 0 Å². The van der Waals surface area contributed by atoms with Crippen LogP contribution in [0.2, 0.25) is 0 Å². The van der Waals surface area contributed by atoms with E-state index in [0.29, 0.717) is 24.4 Å². The van der Waals surface area contributed by atoms with Gasteiger partial charge in [0.15, 0.2) is 11.5 Å². The number of methoxy groups -OCH3 is 1. The van der Waals surface area contributed by atoms with Crippen LogP contribution < -0.4 is 15.4 Å². The summed E-state index contributed by atoms with van der Waals surface area (Å²) in [5, 5.41) is 23.7. The third kappa shape index (κ3) is 7.85. The molecule has 26 heavy (non-hydrogen) atoms. The lowest BCUT2D eigenvalue weighted by Gasteiger charge is -2.06. The third-order valence-corrected chi connectivity index (χ3v) is 3.57. The predicted molar refractivity (Wildman–Crippen MR) is 99.8 cm³/mol. The van der Waals surface area contributed by atoms with Crippen molar-refractivity contribution in [2.45, 2.75) is 19.8 Å². The molecule has 2 amide bonds. The summed E-state index contributed by atoms with van der Waals surface area (Å²) in [4.78, 5) is 23.3. The van der Waals surface area contributed by atoms with Gasteiger partial charge < -0.3 is 25.6 Å². The van der Waals surface area contributed by atoms with Crippen molar-refractivity contribution in [2.75, 3.05) is 26.8 Å². The molecule has 0 saturated heterocycles. The van der Waals surface area contributed by atoms with Crippen molar-refractivity contribution in [3.05, 3.63) is 41.5 Å². The van der Waals surface area contributed by atoms with E-state index in [0.717, 1.165) is 18.4 Å². The second-order valence-corrected chi connectivity index (χ2v) is 5.59. The van der Waals surface area contributed by atoms with Crippen LogP contribution in [0.15, 0.2) is 35.9 Å². The van der Waals surface area contributed by atoms with Gasteiger partial charge in [0.25, 0.3) is 0 Å². The van der Waals surface area contributed by atoms with Crippen LogP contribution in [0.1, 0.15) is 25.3 Å². The van der Waals surface area contributed by atoms with Crippen molar-refractivity contribution < 1.29 is 24.5 Å². The summed E-state index contributed by atoms with van der Waals surface area (Å²) in [6.45, 7) is 2.50. The molecule has 4 N–H and O–H groups in total. The Labute approximate surface area is 153 Å². The first-order chi connectivity index (χ1) is 12.5. The van der Waals surface area contributed by atoms with E-state index in [9.17, 15) is 14.7 Å². The van der Waals surface area contributed by atoms with E-state index in [4.69, 9.17) is 9.84 Å². The summed E-state index contributed by atoms with van der Waals surface area (Å²) < 4.78 is 5.01. The normalized spacial score (nSPS) is 11.4. The van der Waals surface area contributed by atoms with Crippen LogP contribution in [-0.4, -0.2) is 48.8 Å². The Bertz CT molecular complexity index is 668. The van der Waals surface area contributed by atoms with Crippen LogP contribution in [0, 0.1) is 0 Å². The lowest BCUT2D eigenvalue weighted by molar-refractivity contribution is -0.118. The molecule has 0 bridgehead atoms. The largest absolute Gasteiger partial charge is 0.504 e. The van der Waals surface area contributed by atoms with Gasteiger partial charge in [0.1, 0.15) is 0 Å². The summed E-state index contributed by atoms with van der Waals surface area (Å²) >= 11 is 0. The lowest BCUT2D eigenvalue weighted by atomic mass is 10.2. The zero-order chi connectivity index (χ0) is 19.4. The van der Waals surface area contributed by atoms with Crippen LogP contribution in [0.25, 0.3) is 6.08 Å². The maximum Gasteiger partial charge on any atom is 0.246 e. The second-order valence-electron chi connectivity index (χ2n) is 5.59. The standard InChI is InChI=1S/C19H26N2O5/c1-14(9-12-22)19(25)21-11-4-3-10-20-18(24)8-6-15-5-7-16(23)17(13-15)26-2/h5-9,13,22-23H,3-4,10-12H2,1-2H3,(H,20,24)(H,21,25)/b8-6+,14-9+. The highest BCUT2D eigenvalue weighted by Gasteiger charge is 2.03. The molecule has 0 heterocycles. The number of phenols is 1. The van der Waals surface area contributed by atoms with E-state index in [1.807, 2.05) is 0 Å². The summed E-state index contributed by atoms with van der Waals surface area (Å²) in [6.07, 6.45) is 5.96. The van der Waals surface area contributed by atoms with E-state index in [2.05, 4.69) is 10.6 Å². The Hall–Kier alpha value is -2.80. The van der Waals surface area contributed by atoms with E-state index >= 15 is 0 Å². The van der Waals surface area contributed by atoms with Crippen molar-refractivity contribution in [1.82, 2.24) is 10.6 Å². The highest BCUT2D eigenvalue weighted by Crippen LogP contribution is 2.26. The lowest BCUT2D eigenvalue weighted by Crippen LogP contribution is -2.27. The summed E-state index contributed by atoms with van der Waals surface area (Å²) in [6, 6.07) is 4.81.